The van der Waals surface area contributed by atoms with Crippen LogP contribution in [0.25, 0.3) is 0 Å². The van der Waals surface area contributed by atoms with Gasteiger partial charge in [-0.25, -0.2) is 0 Å². The minimum Gasteiger partial charge on any atom is -0.465 e. The van der Waals surface area contributed by atoms with Crippen molar-refractivity contribution in [3.63, 3.8) is 0 Å². The standard InChI is InChI=1S/C13H24O4/c1-6-13(4,5)17-9-8-11(10(3)14)12(15)16-7-2/h11H,6-9H2,1-5H3. The molecule has 0 N–H and O–H groups in total. The maximum Gasteiger partial charge on any atom is 0.316 e. The molecule has 4 heteroatoms. The highest BCUT2D eigenvalue weighted by atomic mass is 16.5. The maximum atomic E-state index is 11.5. The van der Waals surface area contributed by atoms with E-state index in [-0.39, 0.29) is 11.4 Å². The van der Waals surface area contributed by atoms with Gasteiger partial charge in [0.1, 0.15) is 11.7 Å². The molecule has 0 aromatic rings. The highest BCUT2D eigenvalue weighted by molar-refractivity contribution is 5.97. The number of carbonyl (C=O) groups excluding carboxylic acids is 2. The molecule has 0 saturated heterocycles. The van der Waals surface area contributed by atoms with E-state index in [0.29, 0.717) is 19.6 Å². The minimum absolute atomic E-state index is 0.165. The van der Waals surface area contributed by atoms with E-state index < -0.39 is 11.9 Å². The zero-order valence-corrected chi connectivity index (χ0v) is 11.5. The summed E-state index contributed by atoms with van der Waals surface area (Å²) < 4.78 is 10.5. The number of ketones is 1. The Morgan fingerprint density at radius 2 is 1.82 bits per heavy atom. The van der Waals surface area contributed by atoms with E-state index in [2.05, 4.69) is 0 Å². The van der Waals surface area contributed by atoms with E-state index in [4.69, 9.17) is 9.47 Å². The normalized spacial score (nSPS) is 13.2. The Hall–Kier alpha value is -0.900. The predicted octanol–water partition coefficient (Wildman–Crippen LogP) is 2.35. The lowest BCUT2D eigenvalue weighted by atomic mass is 10.0. The van der Waals surface area contributed by atoms with Gasteiger partial charge in [-0.05, 0) is 40.5 Å². The number of ether oxygens (including phenoxy) is 2. The monoisotopic (exact) mass is 244 g/mol. The van der Waals surface area contributed by atoms with Gasteiger partial charge in [0.25, 0.3) is 0 Å². The maximum absolute atomic E-state index is 11.5. The van der Waals surface area contributed by atoms with Crippen LogP contribution < -0.4 is 0 Å². The molecule has 0 saturated carbocycles. The van der Waals surface area contributed by atoms with E-state index in [1.54, 1.807) is 6.92 Å². The van der Waals surface area contributed by atoms with Crippen LogP contribution in [0.3, 0.4) is 0 Å². The van der Waals surface area contributed by atoms with Gasteiger partial charge in [0.15, 0.2) is 0 Å². The van der Waals surface area contributed by atoms with Crippen LogP contribution in [-0.2, 0) is 19.1 Å². The lowest BCUT2D eigenvalue weighted by Gasteiger charge is -2.24. The first-order valence-corrected chi connectivity index (χ1v) is 6.15. The lowest BCUT2D eigenvalue weighted by molar-refractivity contribution is -0.152. The fourth-order valence-corrected chi connectivity index (χ4v) is 1.29. The van der Waals surface area contributed by atoms with Crippen LogP contribution in [0.2, 0.25) is 0 Å². The molecule has 0 amide bonds. The molecule has 0 radical (unpaired) electrons. The van der Waals surface area contributed by atoms with Gasteiger partial charge in [-0.3, -0.25) is 9.59 Å². The highest BCUT2D eigenvalue weighted by Gasteiger charge is 2.25. The molecule has 4 nitrogen and oxygen atoms in total. The molecule has 0 aliphatic heterocycles. The zero-order chi connectivity index (χ0) is 13.5. The van der Waals surface area contributed by atoms with Crippen molar-refractivity contribution in [2.45, 2.75) is 53.1 Å². The van der Waals surface area contributed by atoms with Crippen molar-refractivity contribution in [3.05, 3.63) is 0 Å². The van der Waals surface area contributed by atoms with Gasteiger partial charge in [0.2, 0.25) is 0 Å². The van der Waals surface area contributed by atoms with E-state index in [9.17, 15) is 9.59 Å². The van der Waals surface area contributed by atoms with Gasteiger partial charge in [0, 0.05) is 6.61 Å². The summed E-state index contributed by atoms with van der Waals surface area (Å²) in [6.45, 7) is 9.83. The second-order valence-corrected chi connectivity index (χ2v) is 4.67. The van der Waals surface area contributed by atoms with Gasteiger partial charge in [-0.15, -0.1) is 0 Å². The third kappa shape index (κ3) is 6.41. The lowest BCUT2D eigenvalue weighted by Crippen LogP contribution is -2.29. The van der Waals surface area contributed by atoms with Crippen LogP contribution >= 0.6 is 0 Å². The number of Topliss-reactive ketones (excluding diaryl/α,β-unsaturated/α-hetero) is 1. The van der Waals surface area contributed by atoms with Gasteiger partial charge >= 0.3 is 5.97 Å². The molecule has 0 fully saturated rings. The fourth-order valence-electron chi connectivity index (χ4n) is 1.29. The summed E-state index contributed by atoms with van der Waals surface area (Å²) >= 11 is 0. The SMILES string of the molecule is CCOC(=O)C(CCOC(C)(C)CC)C(C)=O. The molecule has 0 aliphatic carbocycles. The molecular weight excluding hydrogens is 220 g/mol. The van der Waals surface area contributed by atoms with Crippen LogP contribution in [0.1, 0.15) is 47.5 Å². The van der Waals surface area contributed by atoms with Crippen molar-refractivity contribution < 1.29 is 19.1 Å². The summed E-state index contributed by atoms with van der Waals surface area (Å²) in [5.74, 6) is -1.30. The van der Waals surface area contributed by atoms with E-state index in [0.717, 1.165) is 6.42 Å². The average molecular weight is 244 g/mol. The topological polar surface area (TPSA) is 52.6 Å². The summed E-state index contributed by atoms with van der Waals surface area (Å²) in [6.07, 6.45) is 1.27. The second-order valence-electron chi connectivity index (χ2n) is 4.67. The Labute approximate surface area is 104 Å². The quantitative estimate of drug-likeness (QED) is 0.486. The molecule has 100 valence electrons. The summed E-state index contributed by atoms with van der Waals surface area (Å²) in [5, 5.41) is 0. The molecule has 1 atom stereocenters. The van der Waals surface area contributed by atoms with Crippen molar-refractivity contribution in [2.24, 2.45) is 5.92 Å². The fraction of sp³-hybridized carbons (Fsp3) is 0.846. The summed E-state index contributed by atoms with van der Waals surface area (Å²) in [5.41, 5.74) is -0.212. The molecule has 0 bridgehead atoms. The number of rotatable bonds is 8. The van der Waals surface area contributed by atoms with Crippen molar-refractivity contribution in [2.75, 3.05) is 13.2 Å². The Morgan fingerprint density at radius 3 is 2.24 bits per heavy atom. The molecule has 0 rings (SSSR count). The summed E-state index contributed by atoms with van der Waals surface area (Å²) in [7, 11) is 0. The van der Waals surface area contributed by atoms with Gasteiger partial charge in [-0.1, -0.05) is 6.92 Å². The highest BCUT2D eigenvalue weighted by Crippen LogP contribution is 2.16. The van der Waals surface area contributed by atoms with Crippen LogP contribution in [0.15, 0.2) is 0 Å². The Morgan fingerprint density at radius 1 is 1.24 bits per heavy atom. The number of esters is 1. The van der Waals surface area contributed by atoms with Crippen molar-refractivity contribution in [1.29, 1.82) is 0 Å². The average Bonchev–Trinajstić information content (AvgIpc) is 2.24. The summed E-state index contributed by atoms with van der Waals surface area (Å²) in [4.78, 5) is 22.8. The first-order chi connectivity index (χ1) is 7.84. The van der Waals surface area contributed by atoms with E-state index in [1.165, 1.54) is 6.92 Å². The molecule has 0 aromatic carbocycles. The molecule has 0 aromatic heterocycles. The molecule has 17 heavy (non-hydrogen) atoms. The first kappa shape index (κ1) is 16.1. The van der Waals surface area contributed by atoms with Crippen LogP contribution in [0.4, 0.5) is 0 Å². The first-order valence-electron chi connectivity index (χ1n) is 6.15. The number of carbonyl (C=O) groups is 2. The van der Waals surface area contributed by atoms with Crippen LogP contribution in [0, 0.1) is 5.92 Å². The third-order valence-corrected chi connectivity index (χ3v) is 2.81. The third-order valence-electron chi connectivity index (χ3n) is 2.81. The van der Waals surface area contributed by atoms with Gasteiger partial charge < -0.3 is 9.47 Å². The Balaban J connectivity index is 4.20. The van der Waals surface area contributed by atoms with Crippen LogP contribution in [0.5, 0.6) is 0 Å². The number of hydrogen-bond acceptors (Lipinski definition) is 4. The van der Waals surface area contributed by atoms with Gasteiger partial charge in [0.05, 0.1) is 12.2 Å². The van der Waals surface area contributed by atoms with Crippen molar-refractivity contribution in [3.8, 4) is 0 Å². The van der Waals surface area contributed by atoms with Crippen molar-refractivity contribution >= 4 is 11.8 Å². The van der Waals surface area contributed by atoms with Crippen LogP contribution in [-0.4, -0.2) is 30.6 Å². The zero-order valence-electron chi connectivity index (χ0n) is 11.5. The smallest absolute Gasteiger partial charge is 0.316 e. The Bertz CT molecular complexity index is 258. The molecular formula is C13H24O4. The molecule has 0 spiro atoms. The Kier molecular flexibility index (Phi) is 7.04. The second kappa shape index (κ2) is 7.43. The van der Waals surface area contributed by atoms with Crippen molar-refractivity contribution in [1.82, 2.24) is 0 Å². The van der Waals surface area contributed by atoms with E-state index >= 15 is 0 Å². The minimum atomic E-state index is -0.692. The van der Waals surface area contributed by atoms with Gasteiger partial charge in [-0.2, -0.15) is 0 Å². The number of hydrogen-bond donors (Lipinski definition) is 0. The molecule has 0 heterocycles. The molecule has 0 aliphatic rings. The largest absolute Gasteiger partial charge is 0.465 e. The van der Waals surface area contributed by atoms with E-state index in [1.807, 2.05) is 20.8 Å². The summed E-state index contributed by atoms with van der Waals surface area (Å²) in [6, 6.07) is 0. The molecule has 1 unspecified atom stereocenters. The predicted molar refractivity (Wildman–Crippen MR) is 65.7 cm³/mol.